The van der Waals surface area contributed by atoms with Gasteiger partial charge < -0.3 is 10.6 Å². The van der Waals surface area contributed by atoms with Crippen LogP contribution in [0.1, 0.15) is 11.3 Å². The highest BCUT2D eigenvalue weighted by Gasteiger charge is 2.13. The van der Waals surface area contributed by atoms with Gasteiger partial charge in [-0.15, -0.1) is 0 Å². The van der Waals surface area contributed by atoms with Crippen molar-refractivity contribution in [3.05, 3.63) is 27.7 Å². The monoisotopic (exact) mass is 222 g/mol. The number of aromatic nitrogens is 2. The van der Waals surface area contributed by atoms with E-state index >= 15 is 0 Å². The first-order valence-corrected chi connectivity index (χ1v) is 5.22. The normalized spacial score (nSPS) is 14.3. The number of fused-ring (bicyclic) bond motifs is 1. The smallest absolute Gasteiger partial charge is 0.267 e. The second kappa shape index (κ2) is 4.44. The molecule has 1 aromatic heterocycles. The van der Waals surface area contributed by atoms with Crippen LogP contribution in [0.15, 0.2) is 10.9 Å². The zero-order valence-corrected chi connectivity index (χ0v) is 9.12. The van der Waals surface area contributed by atoms with Crippen molar-refractivity contribution in [2.45, 2.75) is 19.5 Å². The third-order valence-corrected chi connectivity index (χ3v) is 2.59. The summed E-state index contributed by atoms with van der Waals surface area (Å²) in [7, 11) is 1.54. The molecule has 1 aliphatic heterocycles. The number of hydrogen-bond acceptors (Lipinski definition) is 4. The van der Waals surface area contributed by atoms with Gasteiger partial charge in [-0.25, -0.2) is 4.68 Å². The molecule has 86 valence electrons. The molecule has 6 heteroatoms. The number of likely N-dealkylation sites (N-methyl/N-ethyl adjacent to an activating group) is 1. The van der Waals surface area contributed by atoms with E-state index in [1.54, 1.807) is 6.07 Å². The molecule has 1 amide bonds. The Bertz CT molecular complexity index is 466. The van der Waals surface area contributed by atoms with Crippen molar-refractivity contribution in [3.63, 3.8) is 0 Å². The molecule has 0 fully saturated rings. The lowest BCUT2D eigenvalue weighted by atomic mass is 10.1. The molecule has 16 heavy (non-hydrogen) atoms. The average molecular weight is 222 g/mol. The van der Waals surface area contributed by atoms with Gasteiger partial charge in [-0.05, 0) is 5.56 Å². The molecule has 2 heterocycles. The molecule has 0 saturated heterocycles. The summed E-state index contributed by atoms with van der Waals surface area (Å²) in [6.07, 6.45) is 0.795. The van der Waals surface area contributed by atoms with Gasteiger partial charge in [0.1, 0.15) is 6.54 Å². The van der Waals surface area contributed by atoms with E-state index in [0.717, 1.165) is 24.2 Å². The molecule has 0 saturated carbocycles. The highest BCUT2D eigenvalue weighted by atomic mass is 16.2. The zero-order chi connectivity index (χ0) is 11.5. The summed E-state index contributed by atoms with van der Waals surface area (Å²) in [5.74, 6) is -0.219. The van der Waals surface area contributed by atoms with Crippen molar-refractivity contribution in [1.82, 2.24) is 20.4 Å². The number of hydrogen-bond donors (Lipinski definition) is 2. The third-order valence-electron chi connectivity index (χ3n) is 2.59. The maximum atomic E-state index is 11.6. The first kappa shape index (κ1) is 10.8. The molecular weight excluding hydrogens is 208 g/mol. The topological polar surface area (TPSA) is 76.0 Å². The van der Waals surface area contributed by atoms with Gasteiger partial charge in [-0.1, -0.05) is 0 Å². The summed E-state index contributed by atoms with van der Waals surface area (Å²) in [4.78, 5) is 22.8. The molecule has 6 nitrogen and oxygen atoms in total. The Morgan fingerprint density at radius 1 is 1.69 bits per heavy atom. The van der Waals surface area contributed by atoms with Gasteiger partial charge >= 0.3 is 0 Å². The Kier molecular flexibility index (Phi) is 3.00. The van der Waals surface area contributed by atoms with Crippen molar-refractivity contribution in [2.24, 2.45) is 0 Å². The number of carbonyl (C=O) groups is 1. The van der Waals surface area contributed by atoms with E-state index < -0.39 is 0 Å². The molecular formula is C10H14N4O2. The fourth-order valence-corrected chi connectivity index (χ4v) is 1.69. The average Bonchev–Trinajstić information content (AvgIpc) is 2.30. The lowest BCUT2D eigenvalue weighted by molar-refractivity contribution is -0.121. The molecule has 0 bridgehead atoms. The van der Waals surface area contributed by atoms with Crippen LogP contribution < -0.4 is 16.2 Å². The number of nitrogens with one attached hydrogen (secondary N) is 2. The minimum atomic E-state index is -0.231. The number of nitrogens with zero attached hydrogens (tertiary/aromatic N) is 2. The van der Waals surface area contributed by atoms with E-state index in [2.05, 4.69) is 15.7 Å². The van der Waals surface area contributed by atoms with Crippen molar-refractivity contribution in [1.29, 1.82) is 0 Å². The highest BCUT2D eigenvalue weighted by molar-refractivity contribution is 5.75. The maximum Gasteiger partial charge on any atom is 0.267 e. The quantitative estimate of drug-likeness (QED) is 0.647. The summed E-state index contributed by atoms with van der Waals surface area (Å²) in [5, 5.41) is 9.85. The Hall–Kier alpha value is -1.69. The van der Waals surface area contributed by atoms with E-state index in [0.29, 0.717) is 6.54 Å². The summed E-state index contributed by atoms with van der Waals surface area (Å²) < 4.78 is 1.21. The minimum Gasteiger partial charge on any atom is -0.358 e. The molecule has 1 aromatic rings. The summed E-state index contributed by atoms with van der Waals surface area (Å²) in [6, 6.07) is 1.55. The Balaban J connectivity index is 2.32. The van der Waals surface area contributed by atoms with Crippen molar-refractivity contribution in [3.8, 4) is 0 Å². The van der Waals surface area contributed by atoms with Gasteiger partial charge in [-0.2, -0.15) is 5.10 Å². The van der Waals surface area contributed by atoms with Gasteiger partial charge in [0, 0.05) is 32.6 Å². The van der Waals surface area contributed by atoms with Crippen molar-refractivity contribution in [2.75, 3.05) is 13.6 Å². The van der Waals surface area contributed by atoms with Crippen LogP contribution in [0.5, 0.6) is 0 Å². The van der Waals surface area contributed by atoms with Crippen LogP contribution in [0.3, 0.4) is 0 Å². The van der Waals surface area contributed by atoms with Gasteiger partial charge in [0.2, 0.25) is 5.91 Å². The van der Waals surface area contributed by atoms with E-state index in [1.807, 2.05) is 0 Å². The molecule has 0 aliphatic carbocycles. The van der Waals surface area contributed by atoms with Gasteiger partial charge in [0.05, 0.1) is 5.69 Å². The number of carbonyl (C=O) groups excluding carboxylic acids is 1. The maximum absolute atomic E-state index is 11.6. The summed E-state index contributed by atoms with van der Waals surface area (Å²) in [6.45, 7) is 1.52. The standard InChI is InChI=1S/C10H14N4O2/c1-11-9(15)6-14-10(16)4-7-5-12-3-2-8(7)13-14/h4,12H,2-3,5-6H2,1H3,(H,11,15). The van der Waals surface area contributed by atoms with Crippen LogP contribution in [-0.4, -0.2) is 29.3 Å². The lowest BCUT2D eigenvalue weighted by Crippen LogP contribution is -2.35. The minimum absolute atomic E-state index is 0.0178. The fourth-order valence-electron chi connectivity index (χ4n) is 1.69. The van der Waals surface area contributed by atoms with Crippen LogP contribution >= 0.6 is 0 Å². The Labute approximate surface area is 92.7 Å². The molecule has 0 unspecified atom stereocenters. The van der Waals surface area contributed by atoms with Gasteiger partial charge in [0.15, 0.2) is 0 Å². The molecule has 2 rings (SSSR count). The SMILES string of the molecule is CNC(=O)Cn1nc2c(cc1=O)CNCC2. The van der Waals surface area contributed by atoms with Crippen molar-refractivity contribution >= 4 is 5.91 Å². The highest BCUT2D eigenvalue weighted by Crippen LogP contribution is 2.07. The fraction of sp³-hybridized carbons (Fsp3) is 0.500. The van der Waals surface area contributed by atoms with E-state index in [4.69, 9.17) is 0 Å². The van der Waals surface area contributed by atoms with Gasteiger partial charge in [-0.3, -0.25) is 9.59 Å². The predicted octanol–water partition coefficient (Wildman–Crippen LogP) is -1.36. The van der Waals surface area contributed by atoms with Crippen LogP contribution in [0.4, 0.5) is 0 Å². The third kappa shape index (κ3) is 2.11. The van der Waals surface area contributed by atoms with Gasteiger partial charge in [0.25, 0.3) is 5.56 Å². The van der Waals surface area contributed by atoms with Crippen LogP contribution in [0.25, 0.3) is 0 Å². The van der Waals surface area contributed by atoms with Crippen molar-refractivity contribution < 1.29 is 4.79 Å². The largest absolute Gasteiger partial charge is 0.358 e. The summed E-state index contributed by atoms with van der Waals surface area (Å²) in [5.41, 5.74) is 1.61. The molecule has 2 N–H and O–H groups in total. The predicted molar refractivity (Wildman–Crippen MR) is 58.0 cm³/mol. The first-order valence-electron chi connectivity index (χ1n) is 5.22. The Morgan fingerprint density at radius 2 is 2.50 bits per heavy atom. The molecule has 0 aromatic carbocycles. The second-order valence-electron chi connectivity index (χ2n) is 3.71. The Morgan fingerprint density at radius 3 is 3.25 bits per heavy atom. The van der Waals surface area contributed by atoms with E-state index in [1.165, 1.54) is 11.7 Å². The lowest BCUT2D eigenvalue weighted by Gasteiger charge is -2.16. The molecule has 1 aliphatic rings. The van der Waals surface area contributed by atoms with Crippen LogP contribution in [0, 0.1) is 0 Å². The molecule has 0 radical (unpaired) electrons. The molecule has 0 atom stereocenters. The zero-order valence-electron chi connectivity index (χ0n) is 9.12. The molecule has 0 spiro atoms. The second-order valence-corrected chi connectivity index (χ2v) is 3.71. The number of amides is 1. The van der Waals surface area contributed by atoms with Crippen LogP contribution in [-0.2, 0) is 24.3 Å². The van der Waals surface area contributed by atoms with E-state index in [-0.39, 0.29) is 18.0 Å². The number of rotatable bonds is 2. The first-order chi connectivity index (χ1) is 7.70. The van der Waals surface area contributed by atoms with E-state index in [9.17, 15) is 9.59 Å². The summed E-state index contributed by atoms with van der Waals surface area (Å²) >= 11 is 0. The van der Waals surface area contributed by atoms with Crippen LogP contribution in [0.2, 0.25) is 0 Å².